The van der Waals surface area contributed by atoms with E-state index in [0.29, 0.717) is 54.0 Å². The van der Waals surface area contributed by atoms with Crippen molar-refractivity contribution in [2.24, 2.45) is 7.05 Å². The molecule has 1 fully saturated rings. The van der Waals surface area contributed by atoms with Gasteiger partial charge in [-0.05, 0) is 44.9 Å². The summed E-state index contributed by atoms with van der Waals surface area (Å²) in [5.74, 6) is 0.653. The SMILES string of the molecule is CC(C)OC(=O)NC1CCN(c2ncnc3c2cc(-c2cnn(C)c2)n3S(=O)(=O)c2ccccc2)CC1. The molecule has 0 saturated carbocycles. The van der Waals surface area contributed by atoms with Crippen LogP contribution in [-0.4, -0.2) is 63.5 Å². The number of benzene rings is 1. The second-order valence-electron chi connectivity index (χ2n) is 9.31. The Bertz CT molecular complexity index is 1520. The smallest absolute Gasteiger partial charge is 0.407 e. The zero-order valence-corrected chi connectivity index (χ0v) is 21.7. The number of fused-ring (bicyclic) bond motifs is 1. The number of alkyl carbamates (subject to hydrolysis) is 1. The van der Waals surface area contributed by atoms with Crippen LogP contribution in [-0.2, 0) is 21.8 Å². The summed E-state index contributed by atoms with van der Waals surface area (Å²) in [4.78, 5) is 23.2. The summed E-state index contributed by atoms with van der Waals surface area (Å²) in [6.45, 7) is 4.90. The predicted molar refractivity (Wildman–Crippen MR) is 139 cm³/mol. The second kappa shape index (κ2) is 9.85. The van der Waals surface area contributed by atoms with E-state index in [1.54, 1.807) is 54.5 Å². The molecule has 1 aliphatic rings. The Morgan fingerprint density at radius 2 is 1.86 bits per heavy atom. The Hall–Kier alpha value is -3.93. The van der Waals surface area contributed by atoms with E-state index in [4.69, 9.17) is 4.74 Å². The van der Waals surface area contributed by atoms with Crippen LogP contribution in [0.2, 0.25) is 0 Å². The van der Waals surface area contributed by atoms with E-state index >= 15 is 0 Å². The van der Waals surface area contributed by atoms with E-state index in [9.17, 15) is 13.2 Å². The molecule has 1 N–H and O–H groups in total. The second-order valence-corrected chi connectivity index (χ2v) is 11.1. The maximum Gasteiger partial charge on any atom is 0.407 e. The number of amides is 1. The Kier molecular flexibility index (Phi) is 6.59. The molecule has 0 unspecified atom stereocenters. The topological polar surface area (TPSA) is 124 Å². The maximum atomic E-state index is 13.8. The van der Waals surface area contributed by atoms with Crippen molar-refractivity contribution in [1.29, 1.82) is 0 Å². The third-order valence-electron chi connectivity index (χ3n) is 6.28. The van der Waals surface area contributed by atoms with Crippen LogP contribution in [0.5, 0.6) is 0 Å². The van der Waals surface area contributed by atoms with Crippen LogP contribution in [0.4, 0.5) is 10.6 Å². The van der Waals surface area contributed by atoms with Crippen LogP contribution < -0.4 is 10.2 Å². The van der Waals surface area contributed by atoms with Crippen LogP contribution in [0.15, 0.2) is 60.0 Å². The van der Waals surface area contributed by atoms with E-state index in [2.05, 4.69) is 25.3 Å². The normalized spacial score (nSPS) is 14.9. The minimum Gasteiger partial charge on any atom is -0.447 e. The first kappa shape index (κ1) is 24.8. The molecular weight excluding hydrogens is 494 g/mol. The molecule has 0 radical (unpaired) electrons. The molecule has 5 rings (SSSR count). The molecule has 0 atom stereocenters. The van der Waals surface area contributed by atoms with E-state index in [1.165, 1.54) is 10.3 Å². The fourth-order valence-corrected chi connectivity index (χ4v) is 6.08. The lowest BCUT2D eigenvalue weighted by atomic mass is 10.1. The van der Waals surface area contributed by atoms with Crippen molar-refractivity contribution >= 4 is 33.0 Å². The van der Waals surface area contributed by atoms with Crippen molar-refractivity contribution in [1.82, 2.24) is 29.0 Å². The number of carbonyl (C=O) groups is 1. The molecule has 1 aromatic carbocycles. The fraction of sp³-hybridized carbons (Fsp3) is 0.360. The van der Waals surface area contributed by atoms with Gasteiger partial charge in [0, 0.05) is 37.9 Å². The van der Waals surface area contributed by atoms with Gasteiger partial charge in [0.2, 0.25) is 0 Å². The van der Waals surface area contributed by atoms with Crippen molar-refractivity contribution in [3.8, 4) is 11.3 Å². The predicted octanol–water partition coefficient (Wildman–Crippen LogP) is 3.17. The van der Waals surface area contributed by atoms with E-state index < -0.39 is 16.1 Å². The highest BCUT2D eigenvalue weighted by atomic mass is 32.2. The van der Waals surface area contributed by atoms with E-state index in [0.717, 1.165) is 0 Å². The molecule has 4 heterocycles. The van der Waals surface area contributed by atoms with Gasteiger partial charge in [-0.2, -0.15) is 5.10 Å². The lowest BCUT2D eigenvalue weighted by molar-refractivity contribution is 0.111. The van der Waals surface area contributed by atoms with Crippen molar-refractivity contribution in [2.45, 2.75) is 43.7 Å². The summed E-state index contributed by atoms with van der Waals surface area (Å²) in [7, 11) is -2.18. The number of nitrogens with zero attached hydrogens (tertiary/aromatic N) is 6. The minimum absolute atomic E-state index is 0.00570. The van der Waals surface area contributed by atoms with Gasteiger partial charge in [-0.1, -0.05) is 18.2 Å². The number of piperidine rings is 1. The average Bonchev–Trinajstić information content (AvgIpc) is 3.48. The number of hydrogen-bond donors (Lipinski definition) is 1. The Balaban J connectivity index is 1.53. The third-order valence-corrected chi connectivity index (χ3v) is 7.99. The molecule has 3 aromatic heterocycles. The molecule has 37 heavy (non-hydrogen) atoms. The summed E-state index contributed by atoms with van der Waals surface area (Å²) in [5.41, 5.74) is 1.41. The number of anilines is 1. The van der Waals surface area contributed by atoms with Gasteiger partial charge in [-0.3, -0.25) is 4.68 Å². The van der Waals surface area contributed by atoms with Gasteiger partial charge in [0.25, 0.3) is 10.0 Å². The van der Waals surface area contributed by atoms with Crippen molar-refractivity contribution in [2.75, 3.05) is 18.0 Å². The first-order valence-corrected chi connectivity index (χ1v) is 13.6. The number of rotatable bonds is 6. The van der Waals surface area contributed by atoms with Crippen LogP contribution in [0.25, 0.3) is 22.3 Å². The molecule has 1 saturated heterocycles. The number of nitrogens with one attached hydrogen (secondary N) is 1. The summed E-state index contributed by atoms with van der Waals surface area (Å²) in [6.07, 6.45) is 5.61. The lowest BCUT2D eigenvalue weighted by Crippen LogP contribution is -2.45. The van der Waals surface area contributed by atoms with Gasteiger partial charge in [0.1, 0.15) is 12.1 Å². The number of hydrogen-bond acceptors (Lipinski definition) is 8. The molecule has 12 heteroatoms. The zero-order valence-electron chi connectivity index (χ0n) is 20.9. The summed E-state index contributed by atoms with van der Waals surface area (Å²) < 4.78 is 35.8. The van der Waals surface area contributed by atoms with Crippen LogP contribution in [0.1, 0.15) is 26.7 Å². The Morgan fingerprint density at radius 3 is 2.51 bits per heavy atom. The molecular formula is C25H29N7O4S. The molecule has 194 valence electrons. The molecule has 0 spiro atoms. The van der Waals surface area contributed by atoms with E-state index in [-0.39, 0.29) is 17.0 Å². The summed E-state index contributed by atoms with van der Waals surface area (Å²) in [5, 5.41) is 7.79. The van der Waals surface area contributed by atoms with Gasteiger partial charge in [-0.25, -0.2) is 27.2 Å². The van der Waals surface area contributed by atoms with Crippen LogP contribution in [0.3, 0.4) is 0 Å². The largest absolute Gasteiger partial charge is 0.447 e. The lowest BCUT2D eigenvalue weighted by Gasteiger charge is -2.33. The quantitative estimate of drug-likeness (QED) is 0.409. The fourth-order valence-electron chi connectivity index (χ4n) is 4.58. The highest BCUT2D eigenvalue weighted by molar-refractivity contribution is 7.90. The molecule has 4 aromatic rings. The zero-order chi connectivity index (χ0) is 26.2. The average molecular weight is 524 g/mol. The first-order valence-electron chi connectivity index (χ1n) is 12.1. The van der Waals surface area contributed by atoms with Crippen molar-refractivity contribution in [3.63, 3.8) is 0 Å². The molecule has 1 amide bonds. The molecule has 1 aliphatic heterocycles. The number of aromatic nitrogens is 5. The van der Waals surface area contributed by atoms with Gasteiger partial charge < -0.3 is 15.0 Å². The van der Waals surface area contributed by atoms with Crippen molar-refractivity contribution in [3.05, 3.63) is 55.1 Å². The minimum atomic E-state index is -3.96. The molecule has 11 nitrogen and oxygen atoms in total. The maximum absolute atomic E-state index is 13.8. The van der Waals surface area contributed by atoms with Gasteiger partial charge in [0.05, 0.1) is 28.3 Å². The van der Waals surface area contributed by atoms with Crippen LogP contribution in [0, 0.1) is 0 Å². The molecule has 0 aliphatic carbocycles. The van der Waals surface area contributed by atoms with Gasteiger partial charge in [-0.15, -0.1) is 0 Å². The summed E-state index contributed by atoms with van der Waals surface area (Å²) >= 11 is 0. The number of ether oxygens (including phenoxy) is 1. The highest BCUT2D eigenvalue weighted by Crippen LogP contribution is 2.35. The number of carbonyl (C=O) groups excluding carboxylic acids is 1. The Labute approximate surface area is 215 Å². The van der Waals surface area contributed by atoms with Crippen LogP contribution >= 0.6 is 0 Å². The van der Waals surface area contributed by atoms with Gasteiger partial charge >= 0.3 is 6.09 Å². The molecule has 0 bridgehead atoms. The standard InChI is InChI=1S/C25H29N7O4S/c1-17(2)36-25(33)29-19-9-11-31(12-10-19)23-21-13-22(18-14-28-30(3)15-18)32(24(21)27-16-26-23)37(34,35)20-7-5-4-6-8-20/h4-8,13-17,19H,9-12H2,1-3H3,(H,29,33). The number of aryl methyl sites for hydroxylation is 1. The summed E-state index contributed by atoms with van der Waals surface area (Å²) in [6, 6.07) is 10.1. The van der Waals surface area contributed by atoms with Crippen molar-refractivity contribution < 1.29 is 17.9 Å². The highest BCUT2D eigenvalue weighted by Gasteiger charge is 2.29. The Morgan fingerprint density at radius 1 is 1.14 bits per heavy atom. The van der Waals surface area contributed by atoms with E-state index in [1.807, 2.05) is 19.9 Å². The first-order chi connectivity index (χ1) is 17.7. The monoisotopic (exact) mass is 523 g/mol. The van der Waals surface area contributed by atoms with Gasteiger partial charge in [0.15, 0.2) is 5.65 Å². The third kappa shape index (κ3) is 4.88.